The van der Waals surface area contributed by atoms with Gasteiger partial charge >= 0.3 is 0 Å². The molecule has 0 aromatic heterocycles. The maximum atomic E-state index is 12.9. The molecule has 1 N–H and O–H groups in total. The Morgan fingerprint density at radius 3 is 3.12 bits per heavy atom. The van der Waals surface area contributed by atoms with Crippen LogP contribution >= 0.6 is 0 Å². The Hall–Kier alpha value is -1.60. The molecule has 1 aliphatic rings. The number of hydrogen-bond donors (Lipinski definition) is 1. The average molecular weight is 234 g/mol. The molecule has 0 aliphatic carbocycles. The number of halogens is 1. The summed E-state index contributed by atoms with van der Waals surface area (Å²) < 4.78 is 18.4. The van der Waals surface area contributed by atoms with Gasteiger partial charge in [0.05, 0.1) is 12.2 Å². The minimum absolute atomic E-state index is 0.259. The van der Waals surface area contributed by atoms with E-state index in [1.807, 2.05) is 6.07 Å². The van der Waals surface area contributed by atoms with Gasteiger partial charge in [0.25, 0.3) is 0 Å². The standard InChI is InChI=1S/C13H15FN2O/c14-12-1-2-13(11(7-12)8-15)17-6-4-10-3-5-16-9-10/h1-2,7,10,16H,3-6,9H2. The van der Waals surface area contributed by atoms with E-state index in [2.05, 4.69) is 5.32 Å². The Morgan fingerprint density at radius 1 is 1.53 bits per heavy atom. The second kappa shape index (κ2) is 5.65. The van der Waals surface area contributed by atoms with Gasteiger partial charge in [0.2, 0.25) is 0 Å². The van der Waals surface area contributed by atoms with Gasteiger partial charge in [-0.05, 0) is 50.0 Å². The summed E-state index contributed by atoms with van der Waals surface area (Å²) in [6, 6.07) is 5.97. The number of nitriles is 1. The third kappa shape index (κ3) is 3.18. The van der Waals surface area contributed by atoms with Crippen molar-refractivity contribution < 1.29 is 9.13 Å². The summed E-state index contributed by atoms with van der Waals surface area (Å²) in [6.07, 6.45) is 2.15. The number of benzene rings is 1. The second-order valence-electron chi connectivity index (χ2n) is 4.25. The van der Waals surface area contributed by atoms with E-state index in [9.17, 15) is 4.39 Å². The maximum absolute atomic E-state index is 12.9. The summed E-state index contributed by atoms with van der Waals surface area (Å²) in [5, 5.41) is 12.1. The second-order valence-corrected chi connectivity index (χ2v) is 4.25. The first-order chi connectivity index (χ1) is 8.29. The first-order valence-corrected chi connectivity index (χ1v) is 5.83. The van der Waals surface area contributed by atoms with Crippen LogP contribution in [-0.4, -0.2) is 19.7 Å². The van der Waals surface area contributed by atoms with E-state index in [-0.39, 0.29) is 5.56 Å². The summed E-state index contributed by atoms with van der Waals surface area (Å²) in [5.41, 5.74) is 0.259. The molecule has 1 aliphatic heterocycles. The number of ether oxygens (including phenoxy) is 1. The summed E-state index contributed by atoms with van der Waals surface area (Å²) >= 11 is 0. The third-order valence-electron chi connectivity index (χ3n) is 3.01. The van der Waals surface area contributed by atoms with Crippen molar-refractivity contribution in [1.29, 1.82) is 5.26 Å². The monoisotopic (exact) mass is 234 g/mol. The SMILES string of the molecule is N#Cc1cc(F)ccc1OCCC1CCNC1. The molecule has 0 radical (unpaired) electrons. The Labute approximate surface area is 100 Å². The van der Waals surface area contributed by atoms with Crippen molar-refractivity contribution in [2.45, 2.75) is 12.8 Å². The van der Waals surface area contributed by atoms with Crippen LogP contribution in [0.1, 0.15) is 18.4 Å². The lowest BCUT2D eigenvalue weighted by atomic mass is 10.1. The molecule has 1 aromatic rings. The molecule has 1 saturated heterocycles. The lowest BCUT2D eigenvalue weighted by Gasteiger charge is -2.10. The van der Waals surface area contributed by atoms with Crippen LogP contribution in [0.3, 0.4) is 0 Å². The van der Waals surface area contributed by atoms with Crippen LogP contribution in [0.4, 0.5) is 4.39 Å². The molecule has 3 nitrogen and oxygen atoms in total. The molecule has 0 saturated carbocycles. The van der Waals surface area contributed by atoms with Gasteiger partial charge in [0.15, 0.2) is 0 Å². The van der Waals surface area contributed by atoms with Crippen molar-refractivity contribution in [2.24, 2.45) is 5.92 Å². The maximum Gasteiger partial charge on any atom is 0.137 e. The number of nitrogens with zero attached hydrogens (tertiary/aromatic N) is 1. The normalized spacial score (nSPS) is 18.9. The molecule has 1 fully saturated rings. The van der Waals surface area contributed by atoms with E-state index in [4.69, 9.17) is 10.00 Å². The summed E-state index contributed by atoms with van der Waals surface area (Å²) in [7, 11) is 0. The van der Waals surface area contributed by atoms with E-state index >= 15 is 0 Å². The molecule has 0 bridgehead atoms. The van der Waals surface area contributed by atoms with Crippen LogP contribution in [0.5, 0.6) is 5.75 Å². The molecule has 17 heavy (non-hydrogen) atoms. The summed E-state index contributed by atoms with van der Waals surface area (Å²) in [6.45, 7) is 2.69. The predicted molar refractivity (Wildman–Crippen MR) is 62.2 cm³/mol. The van der Waals surface area contributed by atoms with Crippen molar-refractivity contribution in [3.63, 3.8) is 0 Å². The smallest absolute Gasteiger partial charge is 0.137 e. The Bertz CT molecular complexity index is 422. The summed E-state index contributed by atoms with van der Waals surface area (Å²) in [4.78, 5) is 0. The van der Waals surface area contributed by atoms with Crippen molar-refractivity contribution in [2.75, 3.05) is 19.7 Å². The van der Waals surface area contributed by atoms with Gasteiger partial charge < -0.3 is 10.1 Å². The van der Waals surface area contributed by atoms with Gasteiger partial charge in [-0.3, -0.25) is 0 Å². The van der Waals surface area contributed by atoms with E-state index in [0.29, 0.717) is 18.3 Å². The van der Waals surface area contributed by atoms with Gasteiger partial charge in [-0.15, -0.1) is 0 Å². The largest absolute Gasteiger partial charge is 0.492 e. The predicted octanol–water partition coefficient (Wildman–Crippen LogP) is 2.08. The molecule has 0 spiro atoms. The zero-order valence-corrected chi connectivity index (χ0v) is 9.58. The molecule has 1 unspecified atom stereocenters. The van der Waals surface area contributed by atoms with Gasteiger partial charge in [0.1, 0.15) is 17.6 Å². The molecule has 4 heteroatoms. The molecule has 1 atom stereocenters. The fraction of sp³-hybridized carbons (Fsp3) is 0.462. The van der Waals surface area contributed by atoms with E-state index in [1.165, 1.54) is 24.6 Å². The number of hydrogen-bond acceptors (Lipinski definition) is 3. The first-order valence-electron chi connectivity index (χ1n) is 5.83. The van der Waals surface area contributed by atoms with Crippen LogP contribution in [-0.2, 0) is 0 Å². The van der Waals surface area contributed by atoms with E-state index in [1.54, 1.807) is 0 Å². The Kier molecular flexibility index (Phi) is 3.94. The quantitative estimate of drug-likeness (QED) is 0.867. The first kappa shape index (κ1) is 11.9. The highest BCUT2D eigenvalue weighted by Crippen LogP contribution is 2.20. The minimum atomic E-state index is -0.408. The molecule has 2 rings (SSSR count). The molecule has 90 valence electrons. The minimum Gasteiger partial charge on any atom is -0.492 e. The number of nitrogens with one attached hydrogen (secondary N) is 1. The molecule has 1 aromatic carbocycles. The van der Waals surface area contributed by atoms with E-state index < -0.39 is 5.82 Å². The highest BCUT2D eigenvalue weighted by atomic mass is 19.1. The van der Waals surface area contributed by atoms with Crippen molar-refractivity contribution in [3.05, 3.63) is 29.6 Å². The van der Waals surface area contributed by atoms with Crippen LogP contribution in [0.2, 0.25) is 0 Å². The van der Waals surface area contributed by atoms with Crippen LogP contribution in [0.25, 0.3) is 0 Å². The van der Waals surface area contributed by atoms with E-state index in [0.717, 1.165) is 19.5 Å². The average Bonchev–Trinajstić information content (AvgIpc) is 2.84. The zero-order valence-electron chi connectivity index (χ0n) is 9.58. The van der Waals surface area contributed by atoms with Crippen molar-refractivity contribution in [3.8, 4) is 11.8 Å². The van der Waals surface area contributed by atoms with Crippen molar-refractivity contribution >= 4 is 0 Å². The van der Waals surface area contributed by atoms with Crippen LogP contribution < -0.4 is 10.1 Å². The fourth-order valence-electron chi connectivity index (χ4n) is 2.01. The highest BCUT2D eigenvalue weighted by molar-refractivity contribution is 5.42. The molecule has 0 amide bonds. The van der Waals surface area contributed by atoms with Gasteiger partial charge in [-0.1, -0.05) is 0 Å². The Balaban J connectivity index is 1.88. The highest BCUT2D eigenvalue weighted by Gasteiger charge is 2.14. The third-order valence-corrected chi connectivity index (χ3v) is 3.01. The lowest BCUT2D eigenvalue weighted by Crippen LogP contribution is -2.11. The summed E-state index contributed by atoms with van der Waals surface area (Å²) in [5.74, 6) is 0.717. The molecule has 1 heterocycles. The Morgan fingerprint density at radius 2 is 2.41 bits per heavy atom. The van der Waals surface area contributed by atoms with Crippen LogP contribution in [0.15, 0.2) is 18.2 Å². The van der Waals surface area contributed by atoms with Gasteiger partial charge in [0, 0.05) is 0 Å². The van der Waals surface area contributed by atoms with Crippen LogP contribution in [0, 0.1) is 23.1 Å². The fourth-order valence-corrected chi connectivity index (χ4v) is 2.01. The molecular weight excluding hydrogens is 219 g/mol. The van der Waals surface area contributed by atoms with Gasteiger partial charge in [-0.25, -0.2) is 4.39 Å². The molecular formula is C13H15FN2O. The zero-order chi connectivity index (χ0) is 12.1. The van der Waals surface area contributed by atoms with Gasteiger partial charge in [-0.2, -0.15) is 5.26 Å². The number of rotatable bonds is 4. The lowest BCUT2D eigenvalue weighted by molar-refractivity contribution is 0.282. The van der Waals surface area contributed by atoms with Crippen molar-refractivity contribution in [1.82, 2.24) is 5.32 Å². The topological polar surface area (TPSA) is 45.0 Å².